The van der Waals surface area contributed by atoms with Crippen molar-refractivity contribution in [2.24, 2.45) is 11.7 Å². The van der Waals surface area contributed by atoms with Crippen molar-refractivity contribution in [1.82, 2.24) is 9.97 Å². The van der Waals surface area contributed by atoms with Crippen molar-refractivity contribution in [3.8, 4) is 0 Å². The Kier molecular flexibility index (Phi) is 4.50. The molecule has 2 aromatic rings. The zero-order valence-corrected chi connectivity index (χ0v) is 14.5. The Morgan fingerprint density at radius 1 is 1.52 bits per heavy atom. The monoisotopic (exact) mass is 334 g/mol. The fourth-order valence-corrected chi connectivity index (χ4v) is 3.91. The average molecular weight is 334 g/mol. The number of morpholine rings is 1. The number of rotatable bonds is 4. The van der Waals surface area contributed by atoms with Crippen LogP contribution in [0.25, 0.3) is 10.2 Å². The van der Waals surface area contributed by atoms with Crippen molar-refractivity contribution < 1.29 is 9.53 Å². The molecule has 1 aliphatic rings. The topological polar surface area (TPSA) is 81.3 Å². The van der Waals surface area contributed by atoms with Crippen molar-refractivity contribution in [3.05, 3.63) is 16.8 Å². The molecular formula is C16H22N4O2S. The van der Waals surface area contributed by atoms with Gasteiger partial charge in [-0.05, 0) is 30.2 Å². The molecule has 1 amide bonds. The highest BCUT2D eigenvalue weighted by Crippen LogP contribution is 2.34. The minimum absolute atomic E-state index is 0.426. The maximum atomic E-state index is 11.5. The van der Waals surface area contributed by atoms with E-state index in [1.807, 2.05) is 6.92 Å². The molecule has 6 nitrogen and oxygen atoms in total. The summed E-state index contributed by atoms with van der Waals surface area (Å²) in [6.45, 7) is 7.93. The molecule has 0 bridgehead atoms. The SMILES string of the molecule is Cc1nc(N2CCOC(C(N)=O)C2)c2c(CC(C)C)csc2n1. The van der Waals surface area contributed by atoms with Crippen molar-refractivity contribution >= 4 is 33.3 Å². The van der Waals surface area contributed by atoms with Gasteiger partial charge in [0.2, 0.25) is 5.91 Å². The molecule has 3 rings (SSSR count). The van der Waals surface area contributed by atoms with E-state index in [-0.39, 0.29) is 0 Å². The van der Waals surface area contributed by atoms with E-state index in [9.17, 15) is 4.79 Å². The van der Waals surface area contributed by atoms with E-state index in [0.717, 1.165) is 28.3 Å². The van der Waals surface area contributed by atoms with Crippen LogP contribution in [0.15, 0.2) is 5.38 Å². The first-order valence-corrected chi connectivity index (χ1v) is 8.74. The molecule has 1 atom stereocenters. The Labute approximate surface area is 139 Å². The minimum atomic E-state index is -0.582. The molecule has 1 unspecified atom stereocenters. The molecule has 1 fully saturated rings. The van der Waals surface area contributed by atoms with Crippen LogP contribution < -0.4 is 10.6 Å². The van der Waals surface area contributed by atoms with Gasteiger partial charge in [0.15, 0.2) is 6.10 Å². The van der Waals surface area contributed by atoms with Crippen LogP contribution in [0.3, 0.4) is 0 Å². The first-order valence-electron chi connectivity index (χ1n) is 7.86. The lowest BCUT2D eigenvalue weighted by molar-refractivity contribution is -0.130. The van der Waals surface area contributed by atoms with E-state index in [1.165, 1.54) is 5.56 Å². The van der Waals surface area contributed by atoms with Crippen LogP contribution in [0, 0.1) is 12.8 Å². The van der Waals surface area contributed by atoms with Gasteiger partial charge in [0.05, 0.1) is 18.5 Å². The molecule has 1 aliphatic heterocycles. The molecule has 0 radical (unpaired) electrons. The van der Waals surface area contributed by atoms with Crippen LogP contribution in [-0.4, -0.2) is 41.7 Å². The van der Waals surface area contributed by atoms with Gasteiger partial charge in [-0.25, -0.2) is 9.97 Å². The van der Waals surface area contributed by atoms with Crippen molar-refractivity contribution in [3.63, 3.8) is 0 Å². The Balaban J connectivity index is 2.04. The molecule has 0 aliphatic carbocycles. The minimum Gasteiger partial charge on any atom is -0.367 e. The van der Waals surface area contributed by atoms with Gasteiger partial charge < -0.3 is 15.4 Å². The normalized spacial score (nSPS) is 18.8. The summed E-state index contributed by atoms with van der Waals surface area (Å²) in [4.78, 5) is 23.8. The lowest BCUT2D eigenvalue weighted by Crippen LogP contribution is -2.48. The van der Waals surface area contributed by atoms with E-state index in [4.69, 9.17) is 10.5 Å². The average Bonchev–Trinajstić information content (AvgIpc) is 2.88. The van der Waals surface area contributed by atoms with Gasteiger partial charge in [0, 0.05) is 6.54 Å². The molecule has 0 aromatic carbocycles. The first kappa shape index (κ1) is 16.1. The molecule has 124 valence electrons. The fraction of sp³-hybridized carbons (Fsp3) is 0.562. The van der Waals surface area contributed by atoms with Crippen LogP contribution in [0.4, 0.5) is 5.82 Å². The number of nitrogens with zero attached hydrogens (tertiary/aromatic N) is 3. The number of thiophene rings is 1. The van der Waals surface area contributed by atoms with Gasteiger partial charge >= 0.3 is 0 Å². The number of nitrogens with two attached hydrogens (primary N) is 1. The van der Waals surface area contributed by atoms with Crippen LogP contribution in [0.1, 0.15) is 25.2 Å². The Hall–Kier alpha value is -1.73. The lowest BCUT2D eigenvalue weighted by atomic mass is 10.0. The third-order valence-corrected chi connectivity index (χ3v) is 4.83. The van der Waals surface area contributed by atoms with Crippen LogP contribution in [-0.2, 0) is 16.0 Å². The van der Waals surface area contributed by atoms with Crippen molar-refractivity contribution in [2.45, 2.75) is 33.3 Å². The van der Waals surface area contributed by atoms with Gasteiger partial charge in [-0.1, -0.05) is 13.8 Å². The number of hydrogen-bond acceptors (Lipinski definition) is 6. The number of ether oxygens (including phenoxy) is 1. The maximum absolute atomic E-state index is 11.5. The van der Waals surface area contributed by atoms with Crippen molar-refractivity contribution in [2.75, 3.05) is 24.6 Å². The maximum Gasteiger partial charge on any atom is 0.248 e. The molecule has 23 heavy (non-hydrogen) atoms. The number of aryl methyl sites for hydroxylation is 1. The molecular weight excluding hydrogens is 312 g/mol. The van der Waals surface area contributed by atoms with E-state index >= 15 is 0 Å². The number of anilines is 1. The van der Waals surface area contributed by atoms with Gasteiger partial charge in [0.1, 0.15) is 16.5 Å². The third-order valence-electron chi connectivity index (χ3n) is 3.91. The predicted octanol–water partition coefficient (Wildman–Crippen LogP) is 1.89. The molecule has 7 heteroatoms. The lowest BCUT2D eigenvalue weighted by Gasteiger charge is -2.32. The molecule has 2 aromatic heterocycles. The van der Waals surface area contributed by atoms with Gasteiger partial charge in [-0.2, -0.15) is 0 Å². The molecule has 0 saturated carbocycles. The number of amides is 1. The molecule has 3 heterocycles. The second kappa shape index (κ2) is 6.41. The summed E-state index contributed by atoms with van der Waals surface area (Å²) in [5.74, 6) is 1.78. The quantitative estimate of drug-likeness (QED) is 0.923. The third kappa shape index (κ3) is 3.30. The number of carbonyl (C=O) groups excluding carboxylic acids is 1. The zero-order valence-electron chi connectivity index (χ0n) is 13.7. The largest absolute Gasteiger partial charge is 0.367 e. The highest BCUT2D eigenvalue weighted by molar-refractivity contribution is 7.17. The number of hydrogen-bond donors (Lipinski definition) is 1. The van der Waals surface area contributed by atoms with Crippen LogP contribution in [0.2, 0.25) is 0 Å². The highest BCUT2D eigenvalue weighted by Gasteiger charge is 2.28. The Bertz CT molecular complexity index is 728. The van der Waals surface area contributed by atoms with Gasteiger partial charge in [-0.15, -0.1) is 11.3 Å². The number of carbonyl (C=O) groups is 1. The number of fused-ring (bicyclic) bond motifs is 1. The summed E-state index contributed by atoms with van der Waals surface area (Å²) in [5, 5.41) is 3.29. The highest BCUT2D eigenvalue weighted by atomic mass is 32.1. The standard InChI is InChI=1S/C16H22N4O2S/c1-9(2)6-11-8-23-16-13(11)15(18-10(3)19-16)20-4-5-22-12(7-20)14(17)21/h8-9,12H,4-7H2,1-3H3,(H2,17,21). The first-order chi connectivity index (χ1) is 11.0. The summed E-state index contributed by atoms with van der Waals surface area (Å²) in [7, 11) is 0. The molecule has 0 spiro atoms. The summed E-state index contributed by atoms with van der Waals surface area (Å²) in [6, 6.07) is 0. The number of primary amides is 1. The van der Waals surface area contributed by atoms with E-state index in [1.54, 1.807) is 11.3 Å². The summed E-state index contributed by atoms with van der Waals surface area (Å²) in [5.41, 5.74) is 6.68. The second-order valence-electron chi connectivity index (χ2n) is 6.34. The van der Waals surface area contributed by atoms with Crippen molar-refractivity contribution in [1.29, 1.82) is 0 Å². The zero-order chi connectivity index (χ0) is 16.6. The van der Waals surface area contributed by atoms with E-state index in [2.05, 4.69) is 34.1 Å². The molecule has 1 saturated heterocycles. The fourth-order valence-electron chi connectivity index (χ4n) is 2.92. The predicted molar refractivity (Wildman–Crippen MR) is 91.8 cm³/mol. The summed E-state index contributed by atoms with van der Waals surface area (Å²) in [6.07, 6.45) is 0.407. The van der Waals surface area contributed by atoms with Crippen LogP contribution in [0.5, 0.6) is 0 Å². The van der Waals surface area contributed by atoms with E-state index in [0.29, 0.717) is 25.6 Å². The smallest absolute Gasteiger partial charge is 0.248 e. The number of aromatic nitrogens is 2. The van der Waals surface area contributed by atoms with Crippen LogP contribution >= 0.6 is 11.3 Å². The Morgan fingerprint density at radius 2 is 2.30 bits per heavy atom. The summed E-state index contributed by atoms with van der Waals surface area (Å²) >= 11 is 1.65. The molecule has 2 N–H and O–H groups in total. The summed E-state index contributed by atoms with van der Waals surface area (Å²) < 4.78 is 5.45. The van der Waals surface area contributed by atoms with Gasteiger partial charge in [0.25, 0.3) is 0 Å². The van der Waals surface area contributed by atoms with E-state index < -0.39 is 12.0 Å². The van der Waals surface area contributed by atoms with Gasteiger partial charge in [-0.3, -0.25) is 4.79 Å². The Morgan fingerprint density at radius 3 is 3.00 bits per heavy atom. The second-order valence-corrected chi connectivity index (χ2v) is 7.20.